The van der Waals surface area contributed by atoms with Crippen molar-refractivity contribution in [2.24, 2.45) is 0 Å². The molecule has 0 atom stereocenters. The molecule has 0 aliphatic heterocycles. The zero-order chi connectivity index (χ0) is 20.4. The number of hydrogen-bond donors (Lipinski definition) is 0. The van der Waals surface area contributed by atoms with Crippen molar-refractivity contribution in [3.63, 3.8) is 0 Å². The predicted molar refractivity (Wildman–Crippen MR) is 130 cm³/mol. The molecule has 0 heterocycles. The molecule has 0 aromatic heterocycles. The summed E-state index contributed by atoms with van der Waals surface area (Å²) in [6, 6.07) is 38.6. The molecule has 4 rings (SSSR count). The minimum atomic E-state index is 0.960. The van der Waals surface area contributed by atoms with Gasteiger partial charge in [-0.15, -0.1) is 0 Å². The van der Waals surface area contributed by atoms with Crippen molar-refractivity contribution in [2.45, 2.75) is 12.8 Å². The van der Waals surface area contributed by atoms with Crippen LogP contribution in [0.3, 0.4) is 0 Å². The van der Waals surface area contributed by atoms with E-state index >= 15 is 0 Å². The number of allylic oxidation sites excluding steroid dienone is 2. The summed E-state index contributed by atoms with van der Waals surface area (Å²) in [5.41, 5.74) is 7.63. The van der Waals surface area contributed by atoms with E-state index in [2.05, 4.69) is 133 Å². The standard InChI is InChI=1S/C30H26/c1-3-9-25(10-4-1)13-7-15-27-17-21-29(22-18-27)30-23-19-28(20-24-30)16-8-14-26-11-5-2-6-12-26/h1-12,15-24H,13-14H2/b15-7+,16-8+. The van der Waals surface area contributed by atoms with Gasteiger partial charge < -0.3 is 0 Å². The van der Waals surface area contributed by atoms with Gasteiger partial charge in [-0.05, 0) is 46.2 Å². The van der Waals surface area contributed by atoms with E-state index in [1.54, 1.807) is 0 Å². The predicted octanol–water partition coefficient (Wildman–Crippen LogP) is 7.87. The normalized spacial score (nSPS) is 11.3. The molecule has 0 bridgehead atoms. The van der Waals surface area contributed by atoms with E-state index < -0.39 is 0 Å². The van der Waals surface area contributed by atoms with Gasteiger partial charge in [0.1, 0.15) is 0 Å². The molecule has 0 nitrogen and oxygen atoms in total. The zero-order valence-corrected chi connectivity index (χ0v) is 17.1. The van der Waals surface area contributed by atoms with Crippen LogP contribution in [-0.4, -0.2) is 0 Å². The summed E-state index contributed by atoms with van der Waals surface area (Å²) in [7, 11) is 0. The largest absolute Gasteiger partial charge is 0.0795 e. The van der Waals surface area contributed by atoms with Crippen molar-refractivity contribution in [3.05, 3.63) is 144 Å². The second-order valence-corrected chi connectivity index (χ2v) is 7.43. The Bertz CT molecular complexity index is 991. The summed E-state index contributed by atoms with van der Waals surface area (Å²) in [6.07, 6.45) is 10.8. The lowest BCUT2D eigenvalue weighted by atomic mass is 10.0. The molecule has 0 aliphatic rings. The maximum Gasteiger partial charge on any atom is -0.00941 e. The molecule has 0 amide bonds. The van der Waals surface area contributed by atoms with Gasteiger partial charge in [0.05, 0.1) is 0 Å². The molecular weight excluding hydrogens is 360 g/mol. The smallest absolute Gasteiger partial charge is 0.00941 e. The van der Waals surface area contributed by atoms with Crippen molar-refractivity contribution in [3.8, 4) is 11.1 Å². The monoisotopic (exact) mass is 386 g/mol. The van der Waals surface area contributed by atoms with Crippen molar-refractivity contribution in [1.82, 2.24) is 0 Å². The van der Waals surface area contributed by atoms with Crippen LogP contribution < -0.4 is 0 Å². The van der Waals surface area contributed by atoms with Crippen LogP contribution in [0.15, 0.2) is 121 Å². The summed E-state index contributed by atoms with van der Waals surface area (Å²) in [4.78, 5) is 0. The molecular formula is C30H26. The van der Waals surface area contributed by atoms with Crippen molar-refractivity contribution >= 4 is 12.2 Å². The molecule has 0 aliphatic carbocycles. The zero-order valence-electron chi connectivity index (χ0n) is 17.1. The summed E-state index contributed by atoms with van der Waals surface area (Å²) in [5.74, 6) is 0. The maximum absolute atomic E-state index is 2.22. The first-order chi connectivity index (χ1) is 14.9. The Morgan fingerprint density at radius 1 is 0.400 bits per heavy atom. The molecule has 0 spiro atoms. The maximum atomic E-state index is 2.22. The Labute approximate surface area is 179 Å². The van der Waals surface area contributed by atoms with Gasteiger partial charge >= 0.3 is 0 Å². The number of benzene rings is 4. The first-order valence-electron chi connectivity index (χ1n) is 10.5. The fraction of sp³-hybridized carbons (Fsp3) is 0.0667. The first-order valence-corrected chi connectivity index (χ1v) is 10.5. The minimum absolute atomic E-state index is 0.960. The molecule has 0 heteroatoms. The SMILES string of the molecule is C(=C\c1ccc(-c2ccc(/C=C/Cc3ccccc3)cc2)cc1)/Cc1ccccc1. The molecule has 0 unspecified atom stereocenters. The Morgan fingerprint density at radius 3 is 1.13 bits per heavy atom. The van der Waals surface area contributed by atoms with Crippen LogP contribution >= 0.6 is 0 Å². The molecule has 4 aromatic rings. The lowest BCUT2D eigenvalue weighted by Crippen LogP contribution is -1.81. The quantitative estimate of drug-likeness (QED) is 0.303. The lowest BCUT2D eigenvalue weighted by Gasteiger charge is -2.04. The Balaban J connectivity index is 1.34. The highest BCUT2D eigenvalue weighted by molar-refractivity contribution is 5.67. The summed E-state index contributed by atoms with van der Waals surface area (Å²) < 4.78 is 0. The molecule has 0 N–H and O–H groups in total. The van der Waals surface area contributed by atoms with E-state index in [1.165, 1.54) is 33.4 Å². The average Bonchev–Trinajstić information content (AvgIpc) is 2.82. The summed E-state index contributed by atoms with van der Waals surface area (Å²) in [5, 5.41) is 0. The van der Waals surface area contributed by atoms with Gasteiger partial charge in [0.15, 0.2) is 0 Å². The highest BCUT2D eigenvalue weighted by Crippen LogP contribution is 2.21. The fourth-order valence-electron chi connectivity index (χ4n) is 3.46. The van der Waals surface area contributed by atoms with Crippen LogP contribution in [-0.2, 0) is 12.8 Å². The van der Waals surface area contributed by atoms with Crippen molar-refractivity contribution < 1.29 is 0 Å². The Kier molecular flexibility index (Phi) is 6.70. The van der Waals surface area contributed by atoms with E-state index in [9.17, 15) is 0 Å². The van der Waals surface area contributed by atoms with Gasteiger partial charge in [-0.2, -0.15) is 0 Å². The third-order valence-electron chi connectivity index (χ3n) is 5.17. The van der Waals surface area contributed by atoms with Gasteiger partial charge in [0.2, 0.25) is 0 Å². The summed E-state index contributed by atoms with van der Waals surface area (Å²) >= 11 is 0. The number of hydrogen-bond acceptors (Lipinski definition) is 0. The van der Waals surface area contributed by atoms with Crippen LogP contribution in [0.1, 0.15) is 22.3 Å². The van der Waals surface area contributed by atoms with Gasteiger partial charge in [-0.1, -0.05) is 133 Å². The third kappa shape index (κ3) is 5.68. The van der Waals surface area contributed by atoms with Crippen LogP contribution in [0.4, 0.5) is 0 Å². The second-order valence-electron chi connectivity index (χ2n) is 7.43. The van der Waals surface area contributed by atoms with Gasteiger partial charge in [0.25, 0.3) is 0 Å². The van der Waals surface area contributed by atoms with Crippen molar-refractivity contribution in [1.29, 1.82) is 0 Å². The molecule has 0 fully saturated rings. The molecule has 0 saturated carbocycles. The average molecular weight is 387 g/mol. The van der Waals surface area contributed by atoms with Crippen LogP contribution in [0.5, 0.6) is 0 Å². The van der Waals surface area contributed by atoms with Gasteiger partial charge in [0, 0.05) is 0 Å². The van der Waals surface area contributed by atoms with E-state index in [4.69, 9.17) is 0 Å². The Morgan fingerprint density at radius 2 is 0.767 bits per heavy atom. The van der Waals surface area contributed by atoms with Crippen LogP contribution in [0.2, 0.25) is 0 Å². The fourth-order valence-corrected chi connectivity index (χ4v) is 3.46. The Hall–Kier alpha value is -3.64. The van der Waals surface area contributed by atoms with E-state index in [0.717, 1.165) is 12.8 Å². The highest BCUT2D eigenvalue weighted by Gasteiger charge is 1.98. The van der Waals surface area contributed by atoms with Crippen LogP contribution in [0, 0.1) is 0 Å². The van der Waals surface area contributed by atoms with E-state index in [-0.39, 0.29) is 0 Å². The van der Waals surface area contributed by atoms with E-state index in [1.807, 2.05) is 0 Å². The van der Waals surface area contributed by atoms with Crippen molar-refractivity contribution in [2.75, 3.05) is 0 Å². The number of rotatable bonds is 7. The minimum Gasteiger partial charge on any atom is -0.0795 e. The molecule has 0 saturated heterocycles. The topological polar surface area (TPSA) is 0 Å². The van der Waals surface area contributed by atoms with Gasteiger partial charge in [-0.25, -0.2) is 0 Å². The van der Waals surface area contributed by atoms with Crippen LogP contribution in [0.25, 0.3) is 23.3 Å². The highest BCUT2D eigenvalue weighted by atomic mass is 14.0. The molecule has 4 aromatic carbocycles. The second kappa shape index (κ2) is 10.2. The first kappa shape index (κ1) is 19.7. The third-order valence-corrected chi connectivity index (χ3v) is 5.17. The summed E-state index contributed by atoms with van der Waals surface area (Å²) in [6.45, 7) is 0. The molecule has 30 heavy (non-hydrogen) atoms. The molecule has 0 radical (unpaired) electrons. The molecule has 146 valence electrons. The lowest BCUT2D eigenvalue weighted by molar-refractivity contribution is 1.28. The van der Waals surface area contributed by atoms with Gasteiger partial charge in [-0.3, -0.25) is 0 Å². The van der Waals surface area contributed by atoms with E-state index in [0.29, 0.717) is 0 Å².